The van der Waals surface area contributed by atoms with Crippen LogP contribution >= 0.6 is 0 Å². The lowest BCUT2D eigenvalue weighted by Crippen LogP contribution is -2.49. The van der Waals surface area contributed by atoms with Crippen LogP contribution in [0, 0.1) is 5.92 Å². The predicted octanol–water partition coefficient (Wildman–Crippen LogP) is 2.68. The molecule has 1 aliphatic heterocycles. The normalized spacial score (nSPS) is 20.9. The molecular formula is C15H24N2. The second-order valence-corrected chi connectivity index (χ2v) is 5.57. The van der Waals surface area contributed by atoms with Gasteiger partial charge in [-0.05, 0) is 37.0 Å². The van der Waals surface area contributed by atoms with Gasteiger partial charge in [-0.2, -0.15) is 0 Å². The van der Waals surface area contributed by atoms with Gasteiger partial charge in [0.05, 0.1) is 0 Å². The second kappa shape index (κ2) is 5.54. The Morgan fingerprint density at radius 2 is 2.00 bits per heavy atom. The molecule has 1 saturated heterocycles. The molecule has 1 N–H and O–H groups in total. The average Bonchev–Trinajstić information content (AvgIpc) is 2.29. The summed E-state index contributed by atoms with van der Waals surface area (Å²) >= 11 is 0. The first-order chi connectivity index (χ1) is 8.15. The highest BCUT2D eigenvalue weighted by Crippen LogP contribution is 2.18. The van der Waals surface area contributed by atoms with E-state index in [1.807, 2.05) is 0 Å². The Kier molecular flexibility index (Phi) is 4.06. The van der Waals surface area contributed by atoms with Crippen molar-refractivity contribution in [3.05, 3.63) is 29.8 Å². The summed E-state index contributed by atoms with van der Waals surface area (Å²) in [6.07, 6.45) is 1.18. The highest BCUT2D eigenvalue weighted by molar-refractivity contribution is 5.48. The fourth-order valence-corrected chi connectivity index (χ4v) is 2.48. The molecule has 0 aliphatic carbocycles. The van der Waals surface area contributed by atoms with Gasteiger partial charge in [0.1, 0.15) is 0 Å². The number of hydrogen-bond acceptors (Lipinski definition) is 2. The van der Waals surface area contributed by atoms with Gasteiger partial charge < -0.3 is 10.2 Å². The quantitative estimate of drug-likeness (QED) is 0.862. The second-order valence-electron chi connectivity index (χ2n) is 5.57. The van der Waals surface area contributed by atoms with E-state index in [0.29, 0.717) is 6.04 Å². The van der Waals surface area contributed by atoms with Crippen molar-refractivity contribution in [2.24, 2.45) is 5.92 Å². The summed E-state index contributed by atoms with van der Waals surface area (Å²) < 4.78 is 0. The number of rotatable bonds is 3. The van der Waals surface area contributed by atoms with Crippen molar-refractivity contribution in [1.29, 1.82) is 0 Å². The van der Waals surface area contributed by atoms with E-state index in [4.69, 9.17) is 0 Å². The van der Waals surface area contributed by atoms with Crippen molar-refractivity contribution in [1.82, 2.24) is 5.32 Å². The number of nitrogens with one attached hydrogen (secondary N) is 1. The van der Waals surface area contributed by atoms with Crippen molar-refractivity contribution < 1.29 is 0 Å². The first-order valence-corrected chi connectivity index (χ1v) is 6.72. The lowest BCUT2D eigenvalue weighted by molar-refractivity contribution is 0.485. The van der Waals surface area contributed by atoms with Crippen molar-refractivity contribution in [2.45, 2.75) is 33.2 Å². The van der Waals surface area contributed by atoms with Gasteiger partial charge in [0.25, 0.3) is 0 Å². The average molecular weight is 232 g/mol. The van der Waals surface area contributed by atoms with E-state index in [9.17, 15) is 0 Å². The lowest BCUT2D eigenvalue weighted by Gasteiger charge is -2.33. The molecule has 1 aromatic rings. The van der Waals surface area contributed by atoms with Crippen molar-refractivity contribution in [3.63, 3.8) is 0 Å². The van der Waals surface area contributed by atoms with Gasteiger partial charge in [0.2, 0.25) is 0 Å². The molecule has 0 aromatic heterocycles. The Morgan fingerprint density at radius 3 is 2.59 bits per heavy atom. The fourth-order valence-electron chi connectivity index (χ4n) is 2.48. The summed E-state index contributed by atoms with van der Waals surface area (Å²) in [5, 5.41) is 3.48. The number of anilines is 1. The molecule has 0 spiro atoms. The van der Waals surface area contributed by atoms with Gasteiger partial charge in [0.15, 0.2) is 0 Å². The van der Waals surface area contributed by atoms with E-state index in [0.717, 1.165) is 25.6 Å². The van der Waals surface area contributed by atoms with Crippen LogP contribution in [0.3, 0.4) is 0 Å². The maximum absolute atomic E-state index is 3.48. The molecule has 0 amide bonds. The van der Waals surface area contributed by atoms with Crippen LogP contribution in [0.15, 0.2) is 24.3 Å². The van der Waals surface area contributed by atoms with Gasteiger partial charge in [-0.1, -0.05) is 26.0 Å². The molecular weight excluding hydrogens is 208 g/mol. The topological polar surface area (TPSA) is 15.3 Å². The molecule has 1 aromatic carbocycles. The zero-order valence-electron chi connectivity index (χ0n) is 11.2. The summed E-state index contributed by atoms with van der Waals surface area (Å²) in [5.41, 5.74) is 2.82. The molecule has 17 heavy (non-hydrogen) atoms. The van der Waals surface area contributed by atoms with E-state index in [-0.39, 0.29) is 0 Å². The van der Waals surface area contributed by atoms with Crippen LogP contribution in [0.1, 0.15) is 26.3 Å². The molecule has 2 nitrogen and oxygen atoms in total. The van der Waals surface area contributed by atoms with Gasteiger partial charge in [-0.15, -0.1) is 0 Å². The van der Waals surface area contributed by atoms with Crippen molar-refractivity contribution in [3.8, 4) is 0 Å². The monoisotopic (exact) mass is 232 g/mol. The first kappa shape index (κ1) is 12.4. The fraction of sp³-hybridized carbons (Fsp3) is 0.600. The third-order valence-corrected chi connectivity index (χ3v) is 3.31. The molecule has 2 heteroatoms. The Labute approximate surface area is 105 Å². The van der Waals surface area contributed by atoms with E-state index in [2.05, 4.69) is 55.3 Å². The molecule has 1 atom stereocenters. The Bertz CT molecular complexity index is 342. The van der Waals surface area contributed by atoms with Crippen molar-refractivity contribution in [2.75, 3.05) is 24.5 Å². The number of nitrogens with zero attached hydrogens (tertiary/aromatic N) is 1. The Hall–Kier alpha value is -1.02. The van der Waals surface area contributed by atoms with Crippen LogP contribution in [0.5, 0.6) is 0 Å². The summed E-state index contributed by atoms with van der Waals surface area (Å²) in [4.78, 5) is 2.47. The molecule has 0 saturated carbocycles. The predicted molar refractivity (Wildman–Crippen MR) is 74.7 cm³/mol. The molecule has 94 valence electrons. The maximum atomic E-state index is 3.48. The van der Waals surface area contributed by atoms with E-state index in [1.54, 1.807) is 0 Å². The van der Waals surface area contributed by atoms with Gasteiger partial charge >= 0.3 is 0 Å². The van der Waals surface area contributed by atoms with Gasteiger partial charge in [-0.25, -0.2) is 0 Å². The molecule has 0 unspecified atom stereocenters. The minimum atomic E-state index is 0.596. The molecule has 1 fully saturated rings. The van der Waals surface area contributed by atoms with Crippen molar-refractivity contribution >= 4 is 5.69 Å². The number of hydrogen-bond donors (Lipinski definition) is 1. The SMILES string of the molecule is CC(C)Cc1ccc(N2CCN[C@H](C)C2)cc1. The van der Waals surface area contributed by atoms with Crippen LogP contribution < -0.4 is 10.2 Å². The smallest absolute Gasteiger partial charge is 0.0367 e. The molecule has 2 rings (SSSR count). The number of benzene rings is 1. The molecule has 1 heterocycles. The third kappa shape index (κ3) is 3.47. The van der Waals surface area contributed by atoms with Crippen LogP contribution in [-0.2, 0) is 6.42 Å². The van der Waals surface area contributed by atoms with E-state index < -0.39 is 0 Å². The summed E-state index contributed by atoms with van der Waals surface area (Å²) in [6.45, 7) is 10.1. The summed E-state index contributed by atoms with van der Waals surface area (Å²) in [6, 6.07) is 9.70. The van der Waals surface area contributed by atoms with Gasteiger partial charge in [-0.3, -0.25) is 0 Å². The minimum Gasteiger partial charge on any atom is -0.369 e. The van der Waals surface area contributed by atoms with Crippen LogP contribution in [0.2, 0.25) is 0 Å². The summed E-state index contributed by atoms with van der Waals surface area (Å²) in [5.74, 6) is 0.736. The molecule has 0 bridgehead atoms. The number of piperazine rings is 1. The minimum absolute atomic E-state index is 0.596. The van der Waals surface area contributed by atoms with E-state index >= 15 is 0 Å². The molecule has 1 aliphatic rings. The zero-order chi connectivity index (χ0) is 12.3. The van der Waals surface area contributed by atoms with E-state index in [1.165, 1.54) is 17.7 Å². The van der Waals surface area contributed by atoms with Crippen LogP contribution in [0.25, 0.3) is 0 Å². The first-order valence-electron chi connectivity index (χ1n) is 6.72. The maximum Gasteiger partial charge on any atom is 0.0367 e. The summed E-state index contributed by atoms with van der Waals surface area (Å²) in [7, 11) is 0. The van der Waals surface area contributed by atoms with Crippen LogP contribution in [-0.4, -0.2) is 25.7 Å². The van der Waals surface area contributed by atoms with Gasteiger partial charge in [0, 0.05) is 31.4 Å². The highest BCUT2D eigenvalue weighted by Gasteiger charge is 2.15. The Morgan fingerprint density at radius 1 is 1.29 bits per heavy atom. The third-order valence-electron chi connectivity index (χ3n) is 3.31. The lowest BCUT2D eigenvalue weighted by atomic mass is 10.0. The molecule has 0 radical (unpaired) electrons. The largest absolute Gasteiger partial charge is 0.369 e. The van der Waals surface area contributed by atoms with Crippen LogP contribution in [0.4, 0.5) is 5.69 Å². The highest BCUT2D eigenvalue weighted by atomic mass is 15.2. The Balaban J connectivity index is 2.01. The zero-order valence-corrected chi connectivity index (χ0v) is 11.2. The standard InChI is InChI=1S/C15H24N2/c1-12(2)10-14-4-6-15(7-5-14)17-9-8-16-13(3)11-17/h4-7,12-13,16H,8-11H2,1-3H3/t13-/m1/s1.